The first-order valence-corrected chi connectivity index (χ1v) is 6.58. The number of alkyl carbamates (subject to hydrolysis) is 1. The molecule has 1 aliphatic rings. The van der Waals surface area contributed by atoms with Crippen LogP contribution in [0, 0.1) is 5.92 Å². The summed E-state index contributed by atoms with van der Waals surface area (Å²) in [7, 11) is 2.94. The van der Waals surface area contributed by atoms with E-state index >= 15 is 0 Å². The summed E-state index contributed by atoms with van der Waals surface area (Å²) in [6, 6.07) is -0.441. The van der Waals surface area contributed by atoms with Crippen molar-refractivity contribution in [2.75, 3.05) is 20.8 Å². The average molecular weight is 272 g/mol. The van der Waals surface area contributed by atoms with Gasteiger partial charge in [-0.1, -0.05) is 13.8 Å². The van der Waals surface area contributed by atoms with Crippen molar-refractivity contribution >= 4 is 12.0 Å². The van der Waals surface area contributed by atoms with E-state index < -0.39 is 12.1 Å². The fourth-order valence-corrected chi connectivity index (χ4v) is 2.34. The second kappa shape index (κ2) is 6.75. The number of rotatable bonds is 4. The van der Waals surface area contributed by atoms with Gasteiger partial charge in [0, 0.05) is 19.7 Å². The lowest BCUT2D eigenvalue weighted by Gasteiger charge is -2.29. The number of amides is 2. The second-order valence-electron chi connectivity index (χ2n) is 5.29. The summed E-state index contributed by atoms with van der Waals surface area (Å²) in [6.45, 7) is 6.36. The van der Waals surface area contributed by atoms with Gasteiger partial charge in [0.2, 0.25) is 5.91 Å². The molecular formula is C13H24N2O4. The van der Waals surface area contributed by atoms with Crippen LogP contribution in [0.4, 0.5) is 4.79 Å². The highest BCUT2D eigenvalue weighted by Crippen LogP contribution is 2.21. The predicted octanol–water partition coefficient (Wildman–Crippen LogP) is 1.00. The van der Waals surface area contributed by atoms with Gasteiger partial charge in [-0.05, 0) is 19.3 Å². The lowest BCUT2D eigenvalue weighted by molar-refractivity contribution is -0.135. The Kier molecular flexibility index (Phi) is 5.60. The van der Waals surface area contributed by atoms with Crippen molar-refractivity contribution in [3.05, 3.63) is 0 Å². The zero-order chi connectivity index (χ0) is 14.6. The van der Waals surface area contributed by atoms with Crippen LogP contribution in [0.3, 0.4) is 0 Å². The maximum absolute atomic E-state index is 12.5. The van der Waals surface area contributed by atoms with E-state index in [0.717, 1.165) is 6.42 Å². The molecular weight excluding hydrogens is 248 g/mol. The molecule has 0 spiro atoms. The van der Waals surface area contributed by atoms with Crippen molar-refractivity contribution in [2.45, 2.75) is 45.4 Å². The van der Waals surface area contributed by atoms with Crippen molar-refractivity contribution in [1.82, 2.24) is 10.2 Å². The molecule has 1 rings (SSSR count). The van der Waals surface area contributed by atoms with Crippen LogP contribution in [-0.4, -0.2) is 55.9 Å². The number of carbonyl (C=O) groups excluding carboxylic acids is 2. The molecule has 3 atom stereocenters. The fraction of sp³-hybridized carbons (Fsp3) is 0.846. The summed E-state index contributed by atoms with van der Waals surface area (Å²) >= 11 is 0. The van der Waals surface area contributed by atoms with Crippen molar-refractivity contribution in [3.63, 3.8) is 0 Å². The van der Waals surface area contributed by atoms with Gasteiger partial charge >= 0.3 is 6.09 Å². The van der Waals surface area contributed by atoms with Gasteiger partial charge in [0.15, 0.2) is 0 Å². The van der Waals surface area contributed by atoms with Crippen LogP contribution in [0.25, 0.3) is 0 Å². The van der Waals surface area contributed by atoms with Crippen molar-refractivity contribution in [3.8, 4) is 0 Å². The quantitative estimate of drug-likeness (QED) is 0.829. The summed E-state index contributed by atoms with van der Waals surface area (Å²) in [5.41, 5.74) is 0. The minimum Gasteiger partial charge on any atom is -0.453 e. The Labute approximate surface area is 114 Å². The SMILES string of the molecule is COC(=O)N[C@H](C(=O)N1C[C@@H](OC)CC1C)C(C)C. The minimum atomic E-state index is -0.581. The first-order chi connectivity index (χ1) is 8.90. The first kappa shape index (κ1) is 15.8. The van der Waals surface area contributed by atoms with Crippen LogP contribution < -0.4 is 5.32 Å². The summed E-state index contributed by atoms with van der Waals surface area (Å²) in [5, 5.41) is 2.60. The number of carbonyl (C=O) groups is 2. The van der Waals surface area contributed by atoms with Crippen molar-refractivity contribution in [2.24, 2.45) is 5.92 Å². The minimum absolute atomic E-state index is 0.000366. The molecule has 6 nitrogen and oxygen atoms in total. The molecule has 0 bridgehead atoms. The maximum atomic E-state index is 12.5. The Hall–Kier alpha value is -1.30. The molecule has 0 aromatic heterocycles. The molecule has 110 valence electrons. The molecule has 1 N–H and O–H groups in total. The molecule has 6 heteroatoms. The van der Waals surface area contributed by atoms with E-state index in [2.05, 4.69) is 10.1 Å². The number of hydrogen-bond donors (Lipinski definition) is 1. The summed E-state index contributed by atoms with van der Waals surface area (Å²) in [5.74, 6) is -0.0761. The number of nitrogens with one attached hydrogen (secondary N) is 1. The summed E-state index contributed by atoms with van der Waals surface area (Å²) in [6.07, 6.45) is 0.317. The van der Waals surface area contributed by atoms with Crippen molar-refractivity contribution in [1.29, 1.82) is 0 Å². The number of likely N-dealkylation sites (tertiary alicyclic amines) is 1. The highest BCUT2D eigenvalue weighted by molar-refractivity contribution is 5.86. The van der Waals surface area contributed by atoms with Gasteiger partial charge in [-0.25, -0.2) is 4.79 Å². The molecule has 1 unspecified atom stereocenters. The molecule has 1 fully saturated rings. The van der Waals surface area contributed by atoms with Gasteiger partial charge in [0.05, 0.1) is 13.2 Å². The average Bonchev–Trinajstić information content (AvgIpc) is 2.75. The van der Waals surface area contributed by atoms with Gasteiger partial charge in [0.25, 0.3) is 0 Å². The fourth-order valence-electron chi connectivity index (χ4n) is 2.34. The zero-order valence-electron chi connectivity index (χ0n) is 12.3. The Morgan fingerprint density at radius 2 is 1.95 bits per heavy atom. The van der Waals surface area contributed by atoms with Gasteiger partial charge in [-0.3, -0.25) is 4.79 Å². The third kappa shape index (κ3) is 3.83. The van der Waals surface area contributed by atoms with Crippen LogP contribution in [0.15, 0.2) is 0 Å². The molecule has 1 saturated heterocycles. The molecule has 0 aromatic rings. The van der Waals surface area contributed by atoms with E-state index in [1.165, 1.54) is 7.11 Å². The molecule has 19 heavy (non-hydrogen) atoms. The highest BCUT2D eigenvalue weighted by atomic mass is 16.5. The second-order valence-corrected chi connectivity index (χ2v) is 5.29. The van der Waals surface area contributed by atoms with E-state index in [4.69, 9.17) is 4.74 Å². The first-order valence-electron chi connectivity index (χ1n) is 6.58. The highest BCUT2D eigenvalue weighted by Gasteiger charge is 2.37. The van der Waals surface area contributed by atoms with E-state index in [0.29, 0.717) is 6.54 Å². The number of nitrogens with zero attached hydrogens (tertiary/aromatic N) is 1. The van der Waals surface area contributed by atoms with Crippen LogP contribution in [0.5, 0.6) is 0 Å². The zero-order valence-corrected chi connectivity index (χ0v) is 12.3. The van der Waals surface area contributed by atoms with Crippen LogP contribution in [-0.2, 0) is 14.3 Å². The number of ether oxygens (including phenoxy) is 2. The smallest absolute Gasteiger partial charge is 0.407 e. The molecule has 0 saturated carbocycles. The van der Waals surface area contributed by atoms with E-state index in [1.54, 1.807) is 12.0 Å². The molecule has 1 heterocycles. The normalized spacial score (nSPS) is 24.4. The lowest BCUT2D eigenvalue weighted by atomic mass is 10.0. The van der Waals surface area contributed by atoms with Gasteiger partial charge in [-0.2, -0.15) is 0 Å². The van der Waals surface area contributed by atoms with Crippen LogP contribution in [0.2, 0.25) is 0 Å². The van der Waals surface area contributed by atoms with Crippen molar-refractivity contribution < 1.29 is 19.1 Å². The monoisotopic (exact) mass is 272 g/mol. The third-order valence-electron chi connectivity index (χ3n) is 3.54. The molecule has 2 amide bonds. The molecule has 0 aliphatic carbocycles. The predicted molar refractivity (Wildman–Crippen MR) is 70.8 cm³/mol. The Bertz CT molecular complexity index is 333. The topological polar surface area (TPSA) is 67.9 Å². The van der Waals surface area contributed by atoms with E-state index in [1.807, 2.05) is 20.8 Å². The lowest BCUT2D eigenvalue weighted by Crippen LogP contribution is -2.52. The molecule has 1 aliphatic heterocycles. The standard InChI is InChI=1S/C13H24N2O4/c1-8(2)11(14-13(17)19-5)12(16)15-7-10(18-4)6-9(15)3/h8-11H,6-7H2,1-5H3,(H,14,17)/t9?,10-,11-/m0/s1. The van der Waals surface area contributed by atoms with Crippen LogP contribution >= 0.6 is 0 Å². The van der Waals surface area contributed by atoms with Gasteiger partial charge in [0.1, 0.15) is 6.04 Å². The van der Waals surface area contributed by atoms with Gasteiger partial charge in [-0.15, -0.1) is 0 Å². The third-order valence-corrected chi connectivity index (χ3v) is 3.54. The van der Waals surface area contributed by atoms with Gasteiger partial charge < -0.3 is 19.7 Å². The van der Waals surface area contributed by atoms with Crippen LogP contribution in [0.1, 0.15) is 27.2 Å². The van der Waals surface area contributed by atoms with E-state index in [-0.39, 0.29) is 24.0 Å². The Morgan fingerprint density at radius 3 is 2.37 bits per heavy atom. The Balaban J connectivity index is 2.74. The summed E-state index contributed by atoms with van der Waals surface area (Å²) < 4.78 is 9.87. The molecule has 0 aromatic carbocycles. The van der Waals surface area contributed by atoms with E-state index in [9.17, 15) is 9.59 Å². The number of hydrogen-bond acceptors (Lipinski definition) is 4. The Morgan fingerprint density at radius 1 is 1.32 bits per heavy atom. The molecule has 0 radical (unpaired) electrons. The number of methoxy groups -OCH3 is 2. The summed E-state index contributed by atoms with van der Waals surface area (Å²) in [4.78, 5) is 25.6. The largest absolute Gasteiger partial charge is 0.453 e. The maximum Gasteiger partial charge on any atom is 0.407 e.